The van der Waals surface area contributed by atoms with Gasteiger partial charge in [-0.3, -0.25) is 0 Å². The predicted molar refractivity (Wildman–Crippen MR) is 62.2 cm³/mol. The van der Waals surface area contributed by atoms with Gasteiger partial charge in [0.2, 0.25) is 0 Å². The van der Waals surface area contributed by atoms with Crippen LogP contribution in [0.2, 0.25) is 0 Å². The molecule has 0 amide bonds. The minimum Gasteiger partial charge on any atom is -0.462 e. The molecule has 0 aliphatic carbocycles. The van der Waals surface area contributed by atoms with Crippen LogP contribution >= 0.6 is 0 Å². The lowest BCUT2D eigenvalue weighted by Crippen LogP contribution is -2.13. The molecule has 0 aromatic rings. The lowest BCUT2D eigenvalue weighted by atomic mass is 10.0. The minimum absolute atomic E-state index is 0.329. The van der Waals surface area contributed by atoms with Crippen LogP contribution in [0.3, 0.4) is 0 Å². The molecule has 1 atom stereocenters. The van der Waals surface area contributed by atoms with Crippen molar-refractivity contribution in [3.05, 3.63) is 11.8 Å². The Morgan fingerprint density at radius 3 is 2.60 bits per heavy atom. The topological polar surface area (TPSA) is 52.3 Å². The Hall–Kier alpha value is -0.990. The first-order chi connectivity index (χ1) is 7.10. The maximum absolute atomic E-state index is 11.2. The van der Waals surface area contributed by atoms with Crippen molar-refractivity contribution >= 4 is 5.97 Å². The van der Waals surface area contributed by atoms with Crippen molar-refractivity contribution in [2.24, 2.45) is 11.7 Å². The van der Waals surface area contributed by atoms with Gasteiger partial charge in [-0.25, -0.2) is 4.79 Å². The zero-order valence-electron chi connectivity index (χ0n) is 10.1. The molecule has 0 radical (unpaired) electrons. The summed E-state index contributed by atoms with van der Waals surface area (Å²) in [6, 6.07) is 0. The Bertz CT molecular complexity index is 208. The first kappa shape index (κ1) is 14.0. The zero-order chi connectivity index (χ0) is 11.7. The van der Waals surface area contributed by atoms with Crippen molar-refractivity contribution in [3.8, 4) is 0 Å². The van der Waals surface area contributed by atoms with Crippen molar-refractivity contribution in [2.45, 2.75) is 46.5 Å². The van der Waals surface area contributed by atoms with Crippen LogP contribution in [0.25, 0.3) is 0 Å². The highest BCUT2D eigenvalue weighted by Gasteiger charge is 2.08. The van der Waals surface area contributed by atoms with E-state index in [1.54, 1.807) is 6.92 Å². The fourth-order valence-corrected chi connectivity index (χ4v) is 1.33. The Balaban J connectivity index is 3.79. The SMILES string of the molecule is CCCCC(CC)COC(=O)/C=C(/C)N. The first-order valence-corrected chi connectivity index (χ1v) is 5.70. The summed E-state index contributed by atoms with van der Waals surface area (Å²) in [5, 5.41) is 0. The summed E-state index contributed by atoms with van der Waals surface area (Å²) >= 11 is 0. The molecule has 0 rings (SSSR count). The van der Waals surface area contributed by atoms with Gasteiger partial charge in [0.15, 0.2) is 0 Å². The van der Waals surface area contributed by atoms with Crippen molar-refractivity contribution in [2.75, 3.05) is 6.61 Å². The van der Waals surface area contributed by atoms with E-state index >= 15 is 0 Å². The number of allylic oxidation sites excluding steroid dienone is 1. The zero-order valence-corrected chi connectivity index (χ0v) is 10.1. The highest BCUT2D eigenvalue weighted by atomic mass is 16.5. The van der Waals surface area contributed by atoms with Gasteiger partial charge in [0, 0.05) is 11.8 Å². The molecule has 0 aliphatic heterocycles. The van der Waals surface area contributed by atoms with Gasteiger partial charge >= 0.3 is 5.97 Å². The fraction of sp³-hybridized carbons (Fsp3) is 0.750. The standard InChI is InChI=1S/C12H23NO2/c1-4-6-7-11(5-2)9-15-12(14)8-10(3)13/h8,11H,4-7,9,13H2,1-3H3/b10-8-. The number of hydrogen-bond acceptors (Lipinski definition) is 3. The van der Waals surface area contributed by atoms with Crippen LogP contribution in [-0.2, 0) is 9.53 Å². The lowest BCUT2D eigenvalue weighted by Gasteiger charge is -2.13. The van der Waals surface area contributed by atoms with Gasteiger partial charge < -0.3 is 10.5 Å². The van der Waals surface area contributed by atoms with Crippen LogP contribution < -0.4 is 5.73 Å². The molecule has 2 N–H and O–H groups in total. The van der Waals surface area contributed by atoms with Crippen LogP contribution in [0.1, 0.15) is 46.5 Å². The number of esters is 1. The van der Waals surface area contributed by atoms with Gasteiger partial charge in [-0.1, -0.05) is 33.1 Å². The van der Waals surface area contributed by atoms with Crippen molar-refractivity contribution in [1.82, 2.24) is 0 Å². The molecular formula is C12H23NO2. The highest BCUT2D eigenvalue weighted by Crippen LogP contribution is 2.12. The minimum atomic E-state index is -0.329. The molecule has 0 saturated heterocycles. The Morgan fingerprint density at radius 2 is 2.13 bits per heavy atom. The third-order valence-corrected chi connectivity index (χ3v) is 2.35. The van der Waals surface area contributed by atoms with Crippen LogP contribution in [-0.4, -0.2) is 12.6 Å². The van der Waals surface area contributed by atoms with Gasteiger partial charge in [-0.15, -0.1) is 0 Å². The summed E-state index contributed by atoms with van der Waals surface area (Å²) in [5.41, 5.74) is 5.86. The fourth-order valence-electron chi connectivity index (χ4n) is 1.33. The maximum atomic E-state index is 11.2. The molecule has 88 valence electrons. The molecule has 15 heavy (non-hydrogen) atoms. The van der Waals surface area contributed by atoms with Crippen LogP contribution in [0.4, 0.5) is 0 Å². The van der Waals surface area contributed by atoms with E-state index < -0.39 is 0 Å². The summed E-state index contributed by atoms with van der Waals surface area (Å²) in [7, 11) is 0. The molecule has 0 bridgehead atoms. The van der Waals surface area contributed by atoms with Gasteiger partial charge in [-0.2, -0.15) is 0 Å². The highest BCUT2D eigenvalue weighted by molar-refractivity contribution is 5.82. The van der Waals surface area contributed by atoms with Gasteiger partial charge in [0.05, 0.1) is 6.61 Å². The van der Waals surface area contributed by atoms with Crippen LogP contribution in [0.5, 0.6) is 0 Å². The lowest BCUT2D eigenvalue weighted by molar-refractivity contribution is -0.139. The quantitative estimate of drug-likeness (QED) is 0.522. The normalized spacial score (nSPS) is 13.7. The van der Waals surface area contributed by atoms with E-state index in [1.807, 2.05) is 0 Å². The monoisotopic (exact) mass is 213 g/mol. The summed E-state index contributed by atoms with van der Waals surface area (Å²) in [5.74, 6) is 0.158. The Kier molecular flexibility index (Phi) is 7.78. The molecule has 0 aliphatic rings. The predicted octanol–water partition coefficient (Wildman–Crippen LogP) is 2.61. The number of nitrogens with two attached hydrogens (primary N) is 1. The average Bonchev–Trinajstić information content (AvgIpc) is 2.17. The van der Waals surface area contributed by atoms with E-state index in [0.717, 1.165) is 12.8 Å². The number of rotatable bonds is 7. The molecule has 0 heterocycles. The van der Waals surface area contributed by atoms with E-state index in [-0.39, 0.29) is 5.97 Å². The van der Waals surface area contributed by atoms with Gasteiger partial charge in [0.25, 0.3) is 0 Å². The molecule has 0 saturated carbocycles. The van der Waals surface area contributed by atoms with Crippen LogP contribution in [0.15, 0.2) is 11.8 Å². The van der Waals surface area contributed by atoms with E-state index in [2.05, 4.69) is 13.8 Å². The third kappa shape index (κ3) is 8.03. The number of unbranched alkanes of at least 4 members (excludes halogenated alkanes) is 1. The molecule has 3 nitrogen and oxygen atoms in total. The first-order valence-electron chi connectivity index (χ1n) is 5.70. The number of carbonyl (C=O) groups excluding carboxylic acids is 1. The molecule has 0 aromatic carbocycles. The molecule has 0 aromatic heterocycles. The van der Waals surface area contributed by atoms with E-state index in [4.69, 9.17) is 10.5 Å². The third-order valence-electron chi connectivity index (χ3n) is 2.35. The van der Waals surface area contributed by atoms with Crippen molar-refractivity contribution in [3.63, 3.8) is 0 Å². The summed E-state index contributed by atoms with van der Waals surface area (Å²) < 4.78 is 5.11. The number of ether oxygens (including phenoxy) is 1. The molecule has 0 spiro atoms. The second kappa shape index (κ2) is 8.33. The van der Waals surface area contributed by atoms with Gasteiger partial charge in [0.1, 0.15) is 0 Å². The Morgan fingerprint density at radius 1 is 1.47 bits per heavy atom. The van der Waals surface area contributed by atoms with Crippen molar-refractivity contribution in [1.29, 1.82) is 0 Å². The Labute approximate surface area is 92.7 Å². The molecule has 1 unspecified atom stereocenters. The van der Waals surface area contributed by atoms with E-state index in [0.29, 0.717) is 18.2 Å². The summed E-state index contributed by atoms with van der Waals surface area (Å²) in [6.45, 7) is 6.48. The second-order valence-corrected chi connectivity index (χ2v) is 3.93. The summed E-state index contributed by atoms with van der Waals surface area (Å²) in [4.78, 5) is 11.2. The van der Waals surface area contributed by atoms with E-state index in [1.165, 1.54) is 18.9 Å². The smallest absolute Gasteiger partial charge is 0.332 e. The largest absolute Gasteiger partial charge is 0.462 e. The average molecular weight is 213 g/mol. The van der Waals surface area contributed by atoms with Crippen molar-refractivity contribution < 1.29 is 9.53 Å². The summed E-state index contributed by atoms with van der Waals surface area (Å²) in [6.07, 6.45) is 5.89. The number of carbonyl (C=O) groups is 1. The van der Waals surface area contributed by atoms with Gasteiger partial charge in [-0.05, 0) is 19.3 Å². The molecular weight excluding hydrogens is 190 g/mol. The maximum Gasteiger partial charge on any atom is 0.332 e. The van der Waals surface area contributed by atoms with Crippen LogP contribution in [0, 0.1) is 5.92 Å². The molecule has 0 fully saturated rings. The van der Waals surface area contributed by atoms with E-state index in [9.17, 15) is 4.79 Å². The number of hydrogen-bond donors (Lipinski definition) is 1. The molecule has 3 heteroatoms. The second-order valence-electron chi connectivity index (χ2n) is 3.93.